The number of rotatable bonds is 7. The lowest BCUT2D eigenvalue weighted by molar-refractivity contribution is -0.697. The smallest absolute Gasteiger partial charge is 0.276 e. The van der Waals surface area contributed by atoms with Crippen molar-refractivity contribution in [3.05, 3.63) is 37.9 Å². The zero-order chi connectivity index (χ0) is 25.6. The Morgan fingerprint density at radius 3 is 2.86 bits per heavy atom. The average molecular weight is 549 g/mol. The predicted molar refractivity (Wildman–Crippen MR) is 133 cm³/mol. The molecule has 36 heavy (non-hydrogen) atoms. The van der Waals surface area contributed by atoms with Crippen LogP contribution in [0.5, 0.6) is 0 Å². The van der Waals surface area contributed by atoms with E-state index in [2.05, 4.69) is 20.0 Å². The molecule has 0 bridgehead atoms. The maximum absolute atomic E-state index is 13.1. The molecule has 1 fully saturated rings. The highest BCUT2D eigenvalue weighted by Gasteiger charge is 2.53. The first kappa shape index (κ1) is 24.7. The van der Waals surface area contributed by atoms with Crippen molar-refractivity contribution in [3.8, 4) is 0 Å². The molecule has 2 amide bonds. The second kappa shape index (κ2) is 9.82. The third-order valence-corrected chi connectivity index (χ3v) is 9.62. The standard InChI is InChI=1S/C22H24N6O5S3/c1-10-27(13-5-3-4-6-14(13)36-10)7-11-8-34-20-16(19(30)28(20)17(11)21(31)32)25-18(29)15(26-33-2)12-9-35-22(23)24-12/h9,16,20H,3-8H2,1-2H3,(H3-,23,24,25,29,31,32)/b26-15-/t16-,20+/m1/s1. The molecule has 0 spiro atoms. The lowest BCUT2D eigenvalue weighted by Crippen LogP contribution is -2.71. The Hall–Kier alpha value is -2.97. The van der Waals surface area contributed by atoms with Crippen LogP contribution in [0.1, 0.15) is 34.1 Å². The van der Waals surface area contributed by atoms with Gasteiger partial charge in [-0.15, -0.1) is 23.1 Å². The summed E-state index contributed by atoms with van der Waals surface area (Å²) in [7, 11) is 1.29. The first-order chi connectivity index (χ1) is 17.3. The van der Waals surface area contributed by atoms with Gasteiger partial charge in [-0.25, -0.2) is 4.98 Å². The van der Waals surface area contributed by atoms with E-state index in [-0.39, 0.29) is 22.2 Å². The summed E-state index contributed by atoms with van der Waals surface area (Å²) in [6.45, 7) is 2.44. The van der Waals surface area contributed by atoms with Gasteiger partial charge in [0.15, 0.2) is 23.1 Å². The van der Waals surface area contributed by atoms with Gasteiger partial charge in [0, 0.05) is 30.1 Å². The van der Waals surface area contributed by atoms with E-state index in [1.54, 1.807) is 16.7 Å². The summed E-state index contributed by atoms with van der Waals surface area (Å²) in [6.07, 6.45) is 4.29. The summed E-state index contributed by atoms with van der Waals surface area (Å²) in [5, 5.41) is 20.9. The first-order valence-electron chi connectivity index (χ1n) is 11.3. The molecule has 2 aromatic rings. The quantitative estimate of drug-likeness (QED) is 0.207. The van der Waals surface area contributed by atoms with E-state index in [9.17, 15) is 19.5 Å². The summed E-state index contributed by atoms with van der Waals surface area (Å²) in [5.41, 5.74) is 7.55. The number of β-lactam (4-membered cyclic amide) rings is 1. The second-order valence-electron chi connectivity index (χ2n) is 8.58. The summed E-state index contributed by atoms with van der Waals surface area (Å²) < 4.78 is 2.18. The van der Waals surface area contributed by atoms with Crippen molar-refractivity contribution in [1.82, 2.24) is 15.2 Å². The number of aromatic nitrogens is 2. The maximum atomic E-state index is 13.1. The van der Waals surface area contributed by atoms with Crippen molar-refractivity contribution in [2.45, 2.75) is 50.6 Å². The van der Waals surface area contributed by atoms with Crippen LogP contribution >= 0.6 is 34.4 Å². The van der Waals surface area contributed by atoms with Crippen LogP contribution in [0.4, 0.5) is 5.13 Å². The fourth-order valence-corrected chi connectivity index (χ4v) is 7.87. The number of aryl methyl sites for hydroxylation is 2. The maximum Gasteiger partial charge on any atom is 0.276 e. The number of carbonyl (C=O) groups is 3. The predicted octanol–water partition coefficient (Wildman–Crippen LogP) is -0.284. The molecule has 1 saturated heterocycles. The minimum Gasteiger partial charge on any atom is -0.543 e. The summed E-state index contributed by atoms with van der Waals surface area (Å²) in [6, 6.07) is -0.917. The lowest BCUT2D eigenvalue weighted by Gasteiger charge is -2.50. The summed E-state index contributed by atoms with van der Waals surface area (Å²) >= 11 is 4.31. The van der Waals surface area contributed by atoms with Crippen LogP contribution in [0, 0.1) is 6.92 Å². The Morgan fingerprint density at radius 2 is 2.17 bits per heavy atom. The number of aliphatic carboxylic acids is 1. The van der Waals surface area contributed by atoms with Crippen LogP contribution < -0.4 is 20.7 Å². The number of hydrogen-bond donors (Lipinski definition) is 2. The normalized spacial score (nSPS) is 21.6. The van der Waals surface area contributed by atoms with Crippen LogP contribution in [0.3, 0.4) is 0 Å². The van der Waals surface area contributed by atoms with Crippen LogP contribution in [0.25, 0.3) is 0 Å². The number of anilines is 1. The van der Waals surface area contributed by atoms with Gasteiger partial charge in [-0.3, -0.25) is 14.5 Å². The molecule has 0 unspecified atom stereocenters. The number of amides is 2. The minimum absolute atomic E-state index is 0.102. The van der Waals surface area contributed by atoms with Gasteiger partial charge >= 0.3 is 0 Å². The molecule has 0 aromatic carbocycles. The van der Waals surface area contributed by atoms with E-state index in [0.717, 1.165) is 35.6 Å². The van der Waals surface area contributed by atoms with Crippen LogP contribution in [-0.2, 0) is 38.6 Å². The Morgan fingerprint density at radius 1 is 1.39 bits per heavy atom. The van der Waals surface area contributed by atoms with Crippen molar-refractivity contribution in [3.63, 3.8) is 0 Å². The van der Waals surface area contributed by atoms with Gasteiger partial charge < -0.3 is 25.8 Å². The molecule has 2 aliphatic heterocycles. The number of nitrogens with one attached hydrogen (secondary N) is 1. The Kier molecular flexibility index (Phi) is 6.74. The van der Waals surface area contributed by atoms with Crippen molar-refractivity contribution in [2.75, 3.05) is 18.6 Å². The molecule has 4 heterocycles. The number of nitrogens with two attached hydrogens (primary N) is 1. The number of thiazole rings is 2. The third kappa shape index (κ3) is 4.26. The number of thioether (sulfide) groups is 1. The first-order valence-corrected chi connectivity index (χ1v) is 14.1. The number of carboxylic acid groups (broad SMARTS) is 1. The zero-order valence-corrected chi connectivity index (χ0v) is 22.1. The van der Waals surface area contributed by atoms with Crippen molar-refractivity contribution >= 4 is 63.1 Å². The SMILES string of the molecule is CO/N=C(\C(=O)N[C@@H]1C(=O)N2C(C(=O)[O-])=C(C[n+]3c(C)sc4c3CCCC4)CS[C@@H]12)c1csc(N)n1. The highest BCUT2D eigenvalue weighted by molar-refractivity contribution is 8.00. The van der Waals surface area contributed by atoms with E-state index in [1.165, 1.54) is 40.8 Å². The van der Waals surface area contributed by atoms with E-state index >= 15 is 0 Å². The molecule has 14 heteroatoms. The van der Waals surface area contributed by atoms with Crippen LogP contribution in [0.2, 0.25) is 0 Å². The van der Waals surface area contributed by atoms with Crippen LogP contribution in [0.15, 0.2) is 21.8 Å². The van der Waals surface area contributed by atoms with Gasteiger partial charge in [-0.05, 0) is 19.3 Å². The average Bonchev–Trinajstić information content (AvgIpc) is 3.42. The number of nitrogen functional groups attached to an aromatic ring is 1. The monoisotopic (exact) mass is 548 g/mol. The van der Waals surface area contributed by atoms with Crippen molar-refractivity contribution < 1.29 is 28.9 Å². The van der Waals surface area contributed by atoms with E-state index in [1.807, 2.05) is 6.92 Å². The van der Waals surface area contributed by atoms with E-state index < -0.39 is 29.2 Å². The van der Waals surface area contributed by atoms with Gasteiger partial charge in [0.1, 0.15) is 24.2 Å². The second-order valence-corrected chi connectivity index (χ2v) is 11.9. The van der Waals surface area contributed by atoms with Gasteiger partial charge in [0.2, 0.25) is 5.01 Å². The van der Waals surface area contributed by atoms with Gasteiger partial charge in [-0.1, -0.05) is 16.5 Å². The molecule has 11 nitrogen and oxygen atoms in total. The van der Waals surface area contributed by atoms with E-state index in [0.29, 0.717) is 17.9 Å². The Labute approximate surface area is 219 Å². The Balaban J connectivity index is 1.37. The molecular weight excluding hydrogens is 524 g/mol. The number of nitrogens with zero attached hydrogens (tertiary/aromatic N) is 4. The number of carboxylic acids is 1. The topological polar surface area (TPSA) is 154 Å². The third-order valence-electron chi connectivity index (χ3n) is 6.40. The van der Waals surface area contributed by atoms with Gasteiger partial charge in [-0.2, -0.15) is 4.57 Å². The highest BCUT2D eigenvalue weighted by Crippen LogP contribution is 2.40. The fourth-order valence-electron chi connectivity index (χ4n) is 4.77. The highest BCUT2D eigenvalue weighted by atomic mass is 32.2. The number of carbonyl (C=O) groups excluding carboxylic acids is 3. The van der Waals surface area contributed by atoms with Crippen LogP contribution in [-0.4, -0.2) is 57.7 Å². The zero-order valence-electron chi connectivity index (χ0n) is 19.6. The molecule has 0 radical (unpaired) electrons. The van der Waals surface area contributed by atoms with Crippen molar-refractivity contribution in [2.24, 2.45) is 5.16 Å². The minimum atomic E-state index is -1.39. The molecule has 2 aromatic heterocycles. The molecular formula is C22H24N6O5S3. The van der Waals surface area contributed by atoms with Crippen molar-refractivity contribution in [1.29, 1.82) is 0 Å². The number of fused-ring (bicyclic) bond motifs is 2. The number of hydrogen-bond acceptors (Lipinski definition) is 11. The summed E-state index contributed by atoms with van der Waals surface area (Å²) in [4.78, 5) is 49.6. The molecule has 5 rings (SSSR count). The summed E-state index contributed by atoms with van der Waals surface area (Å²) in [5.74, 6) is -2.17. The molecule has 0 saturated carbocycles. The number of oxime groups is 1. The molecule has 190 valence electrons. The molecule has 3 N–H and O–H groups in total. The Bertz CT molecular complexity index is 1320. The lowest BCUT2D eigenvalue weighted by atomic mass is 10.0. The van der Waals surface area contributed by atoms with Gasteiger partial charge in [0.05, 0.1) is 16.5 Å². The molecule has 3 aliphatic rings. The van der Waals surface area contributed by atoms with E-state index in [4.69, 9.17) is 10.6 Å². The largest absolute Gasteiger partial charge is 0.543 e. The fraction of sp³-hybridized carbons (Fsp3) is 0.455. The molecule has 1 aliphatic carbocycles. The molecule has 2 atom stereocenters. The van der Waals surface area contributed by atoms with Gasteiger partial charge in [0.25, 0.3) is 11.8 Å².